The first kappa shape index (κ1) is 13.9. The highest BCUT2D eigenvalue weighted by Gasteiger charge is 2.33. The number of aliphatic carboxylic acids is 1. The van der Waals surface area contributed by atoms with Gasteiger partial charge in [-0.1, -0.05) is 24.1 Å². The van der Waals surface area contributed by atoms with E-state index >= 15 is 0 Å². The normalized spacial score (nSPS) is 22.2. The van der Waals surface area contributed by atoms with E-state index in [9.17, 15) is 9.59 Å². The van der Waals surface area contributed by atoms with Gasteiger partial charge in [0.05, 0.1) is 5.92 Å². The molecular weight excluding hydrogens is 266 g/mol. The van der Waals surface area contributed by atoms with Crippen molar-refractivity contribution in [3.05, 3.63) is 34.3 Å². The molecule has 1 aromatic carbocycles. The number of carbonyl (C=O) groups is 2. The summed E-state index contributed by atoms with van der Waals surface area (Å²) in [5.74, 6) is -1.59. The van der Waals surface area contributed by atoms with Crippen molar-refractivity contribution in [3.8, 4) is 0 Å². The lowest BCUT2D eigenvalue weighted by atomic mass is 10.0. The minimum atomic E-state index is -0.843. The van der Waals surface area contributed by atoms with E-state index in [2.05, 4.69) is 5.32 Å². The summed E-state index contributed by atoms with van der Waals surface area (Å²) in [7, 11) is 0. The van der Waals surface area contributed by atoms with Crippen molar-refractivity contribution in [3.63, 3.8) is 0 Å². The summed E-state index contributed by atoms with van der Waals surface area (Å²) in [4.78, 5) is 23.1. The lowest BCUT2D eigenvalue weighted by Crippen LogP contribution is -2.40. The average Bonchev–Trinajstić information content (AvgIpc) is 2.80. The molecule has 0 saturated heterocycles. The van der Waals surface area contributed by atoms with Gasteiger partial charge in [-0.15, -0.1) is 0 Å². The zero-order chi connectivity index (χ0) is 14.0. The number of carboxylic acid groups (broad SMARTS) is 1. The molecule has 0 heterocycles. The summed E-state index contributed by atoms with van der Waals surface area (Å²) in [6, 6.07) is 4.80. The van der Waals surface area contributed by atoms with Crippen LogP contribution in [0.5, 0.6) is 0 Å². The summed E-state index contributed by atoms with van der Waals surface area (Å²) in [5, 5.41) is 12.4. The Morgan fingerprint density at radius 3 is 2.74 bits per heavy atom. The van der Waals surface area contributed by atoms with Gasteiger partial charge < -0.3 is 10.4 Å². The fourth-order valence-electron chi connectivity index (χ4n) is 2.41. The number of hydrogen-bond donors (Lipinski definition) is 2. The van der Waals surface area contributed by atoms with Gasteiger partial charge in [-0.25, -0.2) is 0 Å². The van der Waals surface area contributed by atoms with Crippen molar-refractivity contribution in [2.75, 3.05) is 0 Å². The summed E-state index contributed by atoms with van der Waals surface area (Å²) in [5.41, 5.74) is 1.37. The second-order valence-corrected chi connectivity index (χ2v) is 5.33. The Morgan fingerprint density at radius 1 is 1.37 bits per heavy atom. The second kappa shape index (κ2) is 5.61. The predicted octanol–water partition coefficient (Wildman–Crippen LogP) is 2.63. The van der Waals surface area contributed by atoms with E-state index in [1.54, 1.807) is 18.2 Å². The first-order valence-electron chi connectivity index (χ1n) is 6.29. The molecule has 2 rings (SSSR count). The molecule has 1 saturated carbocycles. The molecule has 102 valence electrons. The van der Waals surface area contributed by atoms with Crippen LogP contribution in [0.15, 0.2) is 18.2 Å². The largest absolute Gasteiger partial charge is 0.481 e. The molecule has 0 radical (unpaired) electrons. The standard InChI is InChI=1S/C14H16ClNO3/c1-8-5-6-9(7-11(8)15)13(17)16-12-4-2-3-10(12)14(18)19/h5-7,10,12H,2-4H2,1H3,(H,16,17)(H,18,19). The Balaban J connectivity index is 2.08. The van der Waals surface area contributed by atoms with E-state index in [-0.39, 0.29) is 11.9 Å². The van der Waals surface area contributed by atoms with Crippen LogP contribution in [0.3, 0.4) is 0 Å². The first-order valence-corrected chi connectivity index (χ1v) is 6.66. The molecule has 1 aromatic rings. The molecule has 2 atom stereocenters. The van der Waals surface area contributed by atoms with Crippen LogP contribution in [0, 0.1) is 12.8 Å². The van der Waals surface area contributed by atoms with Crippen molar-refractivity contribution in [1.29, 1.82) is 0 Å². The Morgan fingerprint density at radius 2 is 2.11 bits per heavy atom. The second-order valence-electron chi connectivity index (χ2n) is 4.92. The van der Waals surface area contributed by atoms with Gasteiger partial charge in [0.25, 0.3) is 5.91 Å². The van der Waals surface area contributed by atoms with Crippen molar-refractivity contribution >= 4 is 23.5 Å². The van der Waals surface area contributed by atoms with Crippen molar-refractivity contribution in [2.24, 2.45) is 5.92 Å². The highest BCUT2D eigenvalue weighted by atomic mass is 35.5. The molecule has 19 heavy (non-hydrogen) atoms. The van der Waals surface area contributed by atoms with Gasteiger partial charge in [0.2, 0.25) is 0 Å². The van der Waals surface area contributed by atoms with Crippen LogP contribution >= 0.6 is 11.6 Å². The van der Waals surface area contributed by atoms with E-state index in [0.717, 1.165) is 12.0 Å². The molecule has 2 N–H and O–H groups in total. The van der Waals surface area contributed by atoms with E-state index in [0.29, 0.717) is 23.4 Å². The van der Waals surface area contributed by atoms with Crippen LogP contribution in [0.4, 0.5) is 0 Å². The maximum atomic E-state index is 12.1. The van der Waals surface area contributed by atoms with E-state index in [4.69, 9.17) is 16.7 Å². The molecule has 4 nitrogen and oxygen atoms in total. The monoisotopic (exact) mass is 281 g/mol. The number of hydrogen-bond acceptors (Lipinski definition) is 2. The number of nitrogens with one attached hydrogen (secondary N) is 1. The fourth-order valence-corrected chi connectivity index (χ4v) is 2.59. The number of carboxylic acids is 1. The Hall–Kier alpha value is -1.55. The quantitative estimate of drug-likeness (QED) is 0.895. The van der Waals surface area contributed by atoms with Gasteiger partial charge in [0, 0.05) is 16.6 Å². The molecule has 1 aliphatic rings. The third-order valence-corrected chi connectivity index (χ3v) is 3.99. The third-order valence-electron chi connectivity index (χ3n) is 3.58. The predicted molar refractivity (Wildman–Crippen MR) is 72.4 cm³/mol. The number of amides is 1. The molecule has 0 spiro atoms. The van der Waals surface area contributed by atoms with Gasteiger partial charge in [0.1, 0.15) is 0 Å². The highest BCUT2D eigenvalue weighted by Crippen LogP contribution is 2.26. The molecule has 1 aliphatic carbocycles. The van der Waals surface area contributed by atoms with Gasteiger partial charge >= 0.3 is 5.97 Å². The van der Waals surface area contributed by atoms with E-state index < -0.39 is 11.9 Å². The number of rotatable bonds is 3. The minimum absolute atomic E-state index is 0.264. The number of halogens is 1. The third kappa shape index (κ3) is 3.07. The zero-order valence-electron chi connectivity index (χ0n) is 10.6. The van der Waals surface area contributed by atoms with Crippen LogP contribution in [-0.4, -0.2) is 23.0 Å². The van der Waals surface area contributed by atoms with Gasteiger partial charge in [-0.2, -0.15) is 0 Å². The molecule has 0 aliphatic heterocycles. The van der Waals surface area contributed by atoms with Crippen LogP contribution in [0.25, 0.3) is 0 Å². The summed E-state index contributed by atoms with van der Waals surface area (Å²) in [6.45, 7) is 1.86. The lowest BCUT2D eigenvalue weighted by molar-refractivity contribution is -0.142. The number of carbonyl (C=O) groups excluding carboxylic acids is 1. The Labute approximate surface area is 116 Å². The van der Waals surface area contributed by atoms with Crippen molar-refractivity contribution in [2.45, 2.75) is 32.2 Å². The van der Waals surface area contributed by atoms with Crippen LogP contribution < -0.4 is 5.32 Å². The van der Waals surface area contributed by atoms with Gasteiger partial charge in [-0.05, 0) is 37.5 Å². The zero-order valence-corrected chi connectivity index (χ0v) is 11.4. The summed E-state index contributed by atoms with van der Waals surface area (Å²) < 4.78 is 0. The summed E-state index contributed by atoms with van der Waals surface area (Å²) in [6.07, 6.45) is 2.16. The smallest absolute Gasteiger partial charge is 0.308 e. The lowest BCUT2D eigenvalue weighted by Gasteiger charge is -2.17. The maximum absolute atomic E-state index is 12.1. The van der Waals surface area contributed by atoms with Crippen LogP contribution in [0.2, 0.25) is 5.02 Å². The number of benzene rings is 1. The van der Waals surface area contributed by atoms with Gasteiger partial charge in [-0.3, -0.25) is 9.59 Å². The van der Waals surface area contributed by atoms with Crippen molar-refractivity contribution in [1.82, 2.24) is 5.32 Å². The van der Waals surface area contributed by atoms with Gasteiger partial charge in [0.15, 0.2) is 0 Å². The van der Waals surface area contributed by atoms with E-state index in [1.165, 1.54) is 0 Å². The molecule has 1 fully saturated rings. The minimum Gasteiger partial charge on any atom is -0.481 e. The topological polar surface area (TPSA) is 66.4 Å². The van der Waals surface area contributed by atoms with Crippen molar-refractivity contribution < 1.29 is 14.7 Å². The molecule has 5 heteroatoms. The number of aryl methyl sites for hydroxylation is 1. The average molecular weight is 282 g/mol. The maximum Gasteiger partial charge on any atom is 0.308 e. The van der Waals surface area contributed by atoms with Crippen LogP contribution in [-0.2, 0) is 4.79 Å². The Kier molecular flexibility index (Phi) is 4.10. The highest BCUT2D eigenvalue weighted by molar-refractivity contribution is 6.31. The van der Waals surface area contributed by atoms with Crippen LogP contribution in [0.1, 0.15) is 35.2 Å². The summed E-state index contributed by atoms with van der Waals surface area (Å²) >= 11 is 5.98. The molecule has 1 amide bonds. The fraction of sp³-hybridized carbons (Fsp3) is 0.429. The molecule has 0 bridgehead atoms. The van der Waals surface area contributed by atoms with E-state index in [1.807, 2.05) is 6.92 Å². The molecule has 0 aromatic heterocycles. The molecule has 2 unspecified atom stereocenters. The Bertz CT molecular complexity index is 515. The SMILES string of the molecule is Cc1ccc(C(=O)NC2CCCC2C(=O)O)cc1Cl. The first-order chi connectivity index (χ1) is 8.99. The molecular formula is C14H16ClNO3.